The van der Waals surface area contributed by atoms with Crippen molar-refractivity contribution in [1.82, 2.24) is 10.1 Å². The number of anilines is 1. The van der Waals surface area contributed by atoms with Crippen molar-refractivity contribution in [3.63, 3.8) is 0 Å². The molecular formula is C22H37N3O3. The number of carbonyl (C=O) groups excluding carboxylic acids is 2. The molecule has 6 heteroatoms. The van der Waals surface area contributed by atoms with E-state index >= 15 is 0 Å². The van der Waals surface area contributed by atoms with E-state index in [1.54, 1.807) is 11.0 Å². The lowest BCUT2D eigenvalue weighted by molar-refractivity contribution is -0.135. The van der Waals surface area contributed by atoms with Crippen LogP contribution in [0.2, 0.25) is 0 Å². The Kier molecular flexibility index (Phi) is 10.7. The minimum absolute atomic E-state index is 0.0959. The second-order valence-electron chi connectivity index (χ2n) is 8.08. The molecule has 1 N–H and O–H groups in total. The summed E-state index contributed by atoms with van der Waals surface area (Å²) in [4.78, 5) is 26.9. The maximum absolute atomic E-state index is 12.8. The first-order chi connectivity index (χ1) is 13.7. The van der Waals surface area contributed by atoms with Crippen molar-refractivity contribution in [3.05, 3.63) is 12.3 Å². The Morgan fingerprint density at radius 1 is 1.11 bits per heavy atom. The van der Waals surface area contributed by atoms with Crippen LogP contribution in [0, 0.1) is 5.92 Å². The zero-order valence-corrected chi connectivity index (χ0v) is 17.5. The number of amides is 2. The Morgan fingerprint density at radius 3 is 2.50 bits per heavy atom. The molecule has 1 aliphatic rings. The third-order valence-corrected chi connectivity index (χ3v) is 5.59. The number of carbonyl (C=O) groups is 2. The van der Waals surface area contributed by atoms with Crippen LogP contribution in [0.15, 0.2) is 16.9 Å². The van der Waals surface area contributed by atoms with Crippen LogP contribution in [-0.4, -0.2) is 35.0 Å². The number of hydrogen-bond acceptors (Lipinski definition) is 4. The molecule has 0 aliphatic heterocycles. The maximum atomic E-state index is 12.8. The quantitative estimate of drug-likeness (QED) is 0.471. The van der Waals surface area contributed by atoms with Gasteiger partial charge in [0.25, 0.3) is 0 Å². The summed E-state index contributed by atoms with van der Waals surface area (Å²) in [6.45, 7) is 3.01. The van der Waals surface area contributed by atoms with Crippen LogP contribution >= 0.6 is 0 Å². The molecule has 0 radical (unpaired) electrons. The molecule has 0 saturated heterocycles. The van der Waals surface area contributed by atoms with E-state index in [4.69, 9.17) is 4.52 Å². The van der Waals surface area contributed by atoms with E-state index in [0.29, 0.717) is 24.7 Å². The molecule has 1 fully saturated rings. The summed E-state index contributed by atoms with van der Waals surface area (Å²) in [5.41, 5.74) is 0. The normalized spacial score (nSPS) is 14.8. The van der Waals surface area contributed by atoms with Gasteiger partial charge < -0.3 is 14.7 Å². The van der Waals surface area contributed by atoms with Gasteiger partial charge in [0.1, 0.15) is 6.26 Å². The molecule has 0 spiro atoms. The van der Waals surface area contributed by atoms with Crippen LogP contribution in [0.4, 0.5) is 5.82 Å². The zero-order valence-electron chi connectivity index (χ0n) is 17.5. The molecule has 1 aromatic rings. The van der Waals surface area contributed by atoms with E-state index in [9.17, 15) is 9.59 Å². The van der Waals surface area contributed by atoms with Crippen molar-refractivity contribution in [2.24, 2.45) is 5.92 Å². The van der Waals surface area contributed by atoms with E-state index in [2.05, 4.69) is 17.4 Å². The molecule has 1 saturated carbocycles. The second kappa shape index (κ2) is 13.3. The van der Waals surface area contributed by atoms with Gasteiger partial charge in [0.05, 0.1) is 6.54 Å². The average molecular weight is 392 g/mol. The summed E-state index contributed by atoms with van der Waals surface area (Å²) in [7, 11) is 0. The van der Waals surface area contributed by atoms with E-state index in [1.807, 2.05) is 0 Å². The van der Waals surface area contributed by atoms with Gasteiger partial charge in [0, 0.05) is 19.0 Å². The Hall–Kier alpha value is -1.85. The summed E-state index contributed by atoms with van der Waals surface area (Å²) in [6.07, 6.45) is 16.3. The Labute approximate surface area is 169 Å². The molecule has 1 aliphatic carbocycles. The van der Waals surface area contributed by atoms with Crippen molar-refractivity contribution >= 4 is 17.6 Å². The zero-order chi connectivity index (χ0) is 20.0. The van der Waals surface area contributed by atoms with Crippen molar-refractivity contribution in [2.45, 2.75) is 90.4 Å². The maximum Gasteiger partial charge on any atom is 0.245 e. The van der Waals surface area contributed by atoms with Gasteiger partial charge >= 0.3 is 0 Å². The summed E-state index contributed by atoms with van der Waals surface area (Å²) in [6, 6.07) is 1.60. The number of hydrogen-bond donors (Lipinski definition) is 1. The molecule has 0 aromatic carbocycles. The molecule has 2 rings (SSSR count). The highest BCUT2D eigenvalue weighted by Gasteiger charge is 2.23. The van der Waals surface area contributed by atoms with E-state index in [0.717, 1.165) is 25.7 Å². The number of aromatic nitrogens is 1. The van der Waals surface area contributed by atoms with Gasteiger partial charge in [0.2, 0.25) is 11.8 Å². The third kappa shape index (κ3) is 8.89. The van der Waals surface area contributed by atoms with Crippen LogP contribution < -0.4 is 5.32 Å². The number of nitrogens with zero attached hydrogens (tertiary/aromatic N) is 2. The van der Waals surface area contributed by atoms with Crippen molar-refractivity contribution in [3.8, 4) is 0 Å². The minimum Gasteiger partial charge on any atom is -0.363 e. The van der Waals surface area contributed by atoms with Gasteiger partial charge in [-0.05, 0) is 25.2 Å². The fourth-order valence-corrected chi connectivity index (χ4v) is 3.96. The molecule has 158 valence electrons. The van der Waals surface area contributed by atoms with Gasteiger partial charge in [-0.25, -0.2) is 0 Å². The number of rotatable bonds is 13. The van der Waals surface area contributed by atoms with Crippen LogP contribution in [-0.2, 0) is 9.59 Å². The summed E-state index contributed by atoms with van der Waals surface area (Å²) in [5.74, 6) is 0.806. The largest absolute Gasteiger partial charge is 0.363 e. The van der Waals surface area contributed by atoms with Crippen molar-refractivity contribution in [1.29, 1.82) is 0 Å². The molecule has 2 amide bonds. The van der Waals surface area contributed by atoms with Gasteiger partial charge in [-0.1, -0.05) is 69.9 Å². The molecule has 0 unspecified atom stereocenters. The van der Waals surface area contributed by atoms with Crippen LogP contribution in [0.3, 0.4) is 0 Å². The van der Waals surface area contributed by atoms with Crippen LogP contribution in [0.5, 0.6) is 0 Å². The minimum atomic E-state index is -0.211. The molecule has 0 bridgehead atoms. The highest BCUT2D eigenvalue weighted by atomic mass is 16.5. The molecule has 0 atom stereocenters. The predicted octanol–water partition coefficient (Wildman–Crippen LogP) is 5.16. The SMILES string of the molecule is CCCCCCCCCC(=O)N(CC(=O)Nc1ccon1)CC1CCCCC1. The lowest BCUT2D eigenvalue weighted by Gasteiger charge is -2.29. The Morgan fingerprint density at radius 2 is 1.82 bits per heavy atom. The van der Waals surface area contributed by atoms with Gasteiger partial charge in [-0.3, -0.25) is 9.59 Å². The molecule has 6 nitrogen and oxygen atoms in total. The average Bonchev–Trinajstić information content (AvgIpc) is 3.20. The summed E-state index contributed by atoms with van der Waals surface area (Å²) >= 11 is 0. The standard InChI is InChI=1S/C22H37N3O3/c1-2-3-4-5-6-7-11-14-22(27)25(17-19-12-9-8-10-13-19)18-21(26)23-20-15-16-28-24-20/h15-16,19H,2-14,17-18H2,1H3,(H,23,24,26). The smallest absolute Gasteiger partial charge is 0.245 e. The van der Waals surface area contributed by atoms with E-state index in [1.165, 1.54) is 57.6 Å². The van der Waals surface area contributed by atoms with E-state index in [-0.39, 0.29) is 18.4 Å². The summed E-state index contributed by atoms with van der Waals surface area (Å²) < 4.78 is 4.74. The van der Waals surface area contributed by atoms with Crippen molar-refractivity contribution in [2.75, 3.05) is 18.4 Å². The van der Waals surface area contributed by atoms with Gasteiger partial charge in [0.15, 0.2) is 5.82 Å². The predicted molar refractivity (Wildman–Crippen MR) is 111 cm³/mol. The third-order valence-electron chi connectivity index (χ3n) is 5.59. The second-order valence-corrected chi connectivity index (χ2v) is 8.08. The first-order valence-corrected chi connectivity index (χ1v) is 11.2. The fraction of sp³-hybridized carbons (Fsp3) is 0.773. The van der Waals surface area contributed by atoms with Crippen LogP contribution in [0.1, 0.15) is 90.4 Å². The molecule has 1 heterocycles. The number of nitrogens with one attached hydrogen (secondary N) is 1. The molecule has 28 heavy (non-hydrogen) atoms. The summed E-state index contributed by atoms with van der Waals surface area (Å²) in [5, 5.41) is 6.41. The Bertz CT molecular complexity index is 553. The highest BCUT2D eigenvalue weighted by Crippen LogP contribution is 2.25. The van der Waals surface area contributed by atoms with Gasteiger partial charge in [-0.15, -0.1) is 0 Å². The van der Waals surface area contributed by atoms with E-state index < -0.39 is 0 Å². The molecular weight excluding hydrogens is 354 g/mol. The fourth-order valence-electron chi connectivity index (χ4n) is 3.96. The van der Waals surface area contributed by atoms with Gasteiger partial charge in [-0.2, -0.15) is 0 Å². The topological polar surface area (TPSA) is 75.4 Å². The number of unbranched alkanes of at least 4 members (excludes halogenated alkanes) is 6. The highest BCUT2D eigenvalue weighted by molar-refractivity contribution is 5.93. The van der Waals surface area contributed by atoms with Crippen LogP contribution in [0.25, 0.3) is 0 Å². The van der Waals surface area contributed by atoms with Crippen molar-refractivity contribution < 1.29 is 14.1 Å². The molecule has 1 aromatic heterocycles. The first kappa shape index (κ1) is 22.4. The lowest BCUT2D eigenvalue weighted by atomic mass is 9.89. The lowest BCUT2D eigenvalue weighted by Crippen LogP contribution is -2.41. The monoisotopic (exact) mass is 391 g/mol. The first-order valence-electron chi connectivity index (χ1n) is 11.2. The Balaban J connectivity index is 1.78.